The summed E-state index contributed by atoms with van der Waals surface area (Å²) in [5.74, 6) is 0.106. The molecule has 0 N–H and O–H groups in total. The van der Waals surface area contributed by atoms with Crippen LogP contribution in [0.4, 0.5) is 0 Å². The second kappa shape index (κ2) is 4.94. The zero-order valence-electron chi connectivity index (χ0n) is 8.18. The van der Waals surface area contributed by atoms with Crippen LogP contribution in [-0.4, -0.2) is 5.78 Å². The first kappa shape index (κ1) is 11.7. The number of ketones is 1. The maximum atomic E-state index is 11.5. The average Bonchev–Trinajstić information content (AvgIpc) is 2.15. The van der Waals surface area contributed by atoms with Gasteiger partial charge < -0.3 is 0 Å². The Morgan fingerprint density at radius 2 is 2.21 bits per heavy atom. The van der Waals surface area contributed by atoms with Gasteiger partial charge in [0, 0.05) is 21.8 Å². The number of hydrogen-bond donors (Lipinski definition) is 0. The number of Topliss-reactive ketones (excluding diaryl/α,β-unsaturated/α-hetero) is 1. The molecule has 1 rings (SSSR count). The Kier molecular flexibility index (Phi) is 4.14. The molecule has 1 aromatic carbocycles. The van der Waals surface area contributed by atoms with Crippen LogP contribution in [0.3, 0.4) is 0 Å². The normalized spacial score (nSPS) is 12.6. The molecule has 3 heteroatoms. The van der Waals surface area contributed by atoms with Crippen molar-refractivity contribution in [2.75, 3.05) is 0 Å². The van der Waals surface area contributed by atoms with E-state index in [9.17, 15) is 4.79 Å². The summed E-state index contributed by atoms with van der Waals surface area (Å²) in [6.07, 6.45) is 0.549. The lowest BCUT2D eigenvalue weighted by atomic mass is 9.95. The van der Waals surface area contributed by atoms with Crippen LogP contribution in [0.2, 0.25) is 5.02 Å². The molecule has 0 amide bonds. The first-order valence-corrected chi connectivity index (χ1v) is 5.71. The van der Waals surface area contributed by atoms with E-state index in [0.29, 0.717) is 11.4 Å². The fourth-order valence-corrected chi connectivity index (χ4v) is 2.17. The van der Waals surface area contributed by atoms with Gasteiger partial charge in [-0.15, -0.1) is 0 Å². The second-order valence-electron chi connectivity index (χ2n) is 3.21. The van der Waals surface area contributed by atoms with Gasteiger partial charge in [-0.25, -0.2) is 0 Å². The highest BCUT2D eigenvalue weighted by atomic mass is 79.9. The van der Waals surface area contributed by atoms with Gasteiger partial charge >= 0.3 is 0 Å². The van der Waals surface area contributed by atoms with E-state index in [1.54, 1.807) is 0 Å². The largest absolute Gasteiger partial charge is 0.299 e. The maximum Gasteiger partial charge on any atom is 0.139 e. The predicted octanol–water partition coefficient (Wildman–Crippen LogP) is 4.19. The topological polar surface area (TPSA) is 17.1 Å². The molecule has 0 aliphatic carbocycles. The van der Waals surface area contributed by atoms with Crippen molar-refractivity contribution in [1.82, 2.24) is 0 Å². The molecule has 1 aromatic rings. The van der Waals surface area contributed by atoms with Crippen molar-refractivity contribution in [3.05, 3.63) is 33.3 Å². The first-order valence-electron chi connectivity index (χ1n) is 4.54. The summed E-state index contributed by atoms with van der Waals surface area (Å²) >= 11 is 9.37. The Balaban J connectivity index is 3.01. The minimum atomic E-state index is -0.111. The lowest BCUT2D eigenvalue weighted by molar-refractivity contribution is -0.119. The summed E-state index contributed by atoms with van der Waals surface area (Å²) in [6.45, 7) is 3.76. The van der Waals surface area contributed by atoms with E-state index in [2.05, 4.69) is 15.9 Å². The molecular weight excluding hydrogens is 263 g/mol. The fraction of sp³-hybridized carbons (Fsp3) is 0.364. The van der Waals surface area contributed by atoms with Crippen LogP contribution in [0, 0.1) is 0 Å². The van der Waals surface area contributed by atoms with E-state index >= 15 is 0 Å². The van der Waals surface area contributed by atoms with Gasteiger partial charge in [-0.05, 0) is 17.7 Å². The van der Waals surface area contributed by atoms with Crippen molar-refractivity contribution in [2.45, 2.75) is 26.2 Å². The molecule has 0 fully saturated rings. The zero-order valence-corrected chi connectivity index (χ0v) is 10.5. The van der Waals surface area contributed by atoms with Crippen LogP contribution in [-0.2, 0) is 4.79 Å². The van der Waals surface area contributed by atoms with Crippen LogP contribution in [0.5, 0.6) is 0 Å². The minimum Gasteiger partial charge on any atom is -0.299 e. The monoisotopic (exact) mass is 274 g/mol. The Morgan fingerprint density at radius 1 is 1.57 bits per heavy atom. The van der Waals surface area contributed by atoms with Crippen LogP contribution in [0.1, 0.15) is 31.7 Å². The standard InChI is InChI=1S/C11H12BrClO/c1-3-11(14)7(2)9-5-4-8(12)6-10(9)13/h4-7H,3H2,1-2H3. The Hall–Kier alpha value is -0.340. The Bertz CT molecular complexity index is 349. The van der Waals surface area contributed by atoms with Crippen molar-refractivity contribution in [3.63, 3.8) is 0 Å². The summed E-state index contributed by atoms with van der Waals surface area (Å²) in [5.41, 5.74) is 0.904. The number of benzene rings is 1. The summed E-state index contributed by atoms with van der Waals surface area (Å²) in [6, 6.07) is 5.61. The van der Waals surface area contributed by atoms with E-state index < -0.39 is 0 Å². The molecule has 1 unspecified atom stereocenters. The molecule has 0 saturated carbocycles. The van der Waals surface area contributed by atoms with Gasteiger partial charge in [-0.1, -0.05) is 47.4 Å². The number of rotatable bonds is 3. The maximum absolute atomic E-state index is 11.5. The highest BCUT2D eigenvalue weighted by Gasteiger charge is 2.15. The summed E-state index contributed by atoms with van der Waals surface area (Å²) in [4.78, 5) is 11.5. The number of halogens is 2. The summed E-state index contributed by atoms with van der Waals surface area (Å²) in [7, 11) is 0. The predicted molar refractivity (Wildman–Crippen MR) is 62.9 cm³/mol. The van der Waals surface area contributed by atoms with Crippen molar-refractivity contribution in [2.24, 2.45) is 0 Å². The molecule has 0 bridgehead atoms. The van der Waals surface area contributed by atoms with E-state index in [1.807, 2.05) is 32.0 Å². The van der Waals surface area contributed by atoms with Gasteiger partial charge in [-0.2, -0.15) is 0 Å². The number of hydrogen-bond acceptors (Lipinski definition) is 1. The second-order valence-corrected chi connectivity index (χ2v) is 4.53. The van der Waals surface area contributed by atoms with E-state index in [-0.39, 0.29) is 11.7 Å². The van der Waals surface area contributed by atoms with Gasteiger partial charge in [0.15, 0.2) is 0 Å². The SMILES string of the molecule is CCC(=O)C(C)c1ccc(Br)cc1Cl. The molecule has 0 saturated heterocycles. The van der Waals surface area contributed by atoms with Crippen LogP contribution in [0.25, 0.3) is 0 Å². The highest BCUT2D eigenvalue weighted by Crippen LogP contribution is 2.28. The van der Waals surface area contributed by atoms with E-state index in [4.69, 9.17) is 11.6 Å². The molecule has 0 aromatic heterocycles. The molecule has 1 atom stereocenters. The molecule has 0 aliphatic rings. The molecule has 0 spiro atoms. The number of carbonyl (C=O) groups excluding carboxylic acids is 1. The molecule has 76 valence electrons. The van der Waals surface area contributed by atoms with Crippen LogP contribution in [0.15, 0.2) is 22.7 Å². The van der Waals surface area contributed by atoms with Crippen molar-refractivity contribution < 1.29 is 4.79 Å². The van der Waals surface area contributed by atoms with Gasteiger partial charge in [0.05, 0.1) is 0 Å². The van der Waals surface area contributed by atoms with Crippen molar-refractivity contribution >= 4 is 33.3 Å². The van der Waals surface area contributed by atoms with Crippen molar-refractivity contribution in [1.29, 1.82) is 0 Å². The summed E-state index contributed by atoms with van der Waals surface area (Å²) < 4.78 is 0.933. The van der Waals surface area contributed by atoms with Gasteiger partial charge in [0.2, 0.25) is 0 Å². The lowest BCUT2D eigenvalue weighted by Crippen LogP contribution is -2.07. The Morgan fingerprint density at radius 3 is 2.71 bits per heavy atom. The average molecular weight is 276 g/mol. The molecule has 0 heterocycles. The van der Waals surface area contributed by atoms with Crippen LogP contribution < -0.4 is 0 Å². The third-order valence-corrected chi connectivity index (χ3v) is 3.08. The highest BCUT2D eigenvalue weighted by molar-refractivity contribution is 9.10. The van der Waals surface area contributed by atoms with Gasteiger partial charge in [-0.3, -0.25) is 4.79 Å². The van der Waals surface area contributed by atoms with Gasteiger partial charge in [0.1, 0.15) is 5.78 Å². The molecule has 1 nitrogen and oxygen atoms in total. The molecule has 0 aliphatic heterocycles. The molecule has 14 heavy (non-hydrogen) atoms. The lowest BCUT2D eigenvalue weighted by Gasteiger charge is -2.11. The smallest absolute Gasteiger partial charge is 0.139 e. The van der Waals surface area contributed by atoms with Crippen molar-refractivity contribution in [3.8, 4) is 0 Å². The quantitative estimate of drug-likeness (QED) is 0.808. The van der Waals surface area contributed by atoms with E-state index in [0.717, 1.165) is 10.0 Å². The third-order valence-electron chi connectivity index (χ3n) is 2.26. The van der Waals surface area contributed by atoms with Gasteiger partial charge in [0.25, 0.3) is 0 Å². The Labute approximate surface area is 97.6 Å². The number of carbonyl (C=O) groups is 1. The zero-order chi connectivity index (χ0) is 10.7. The fourth-order valence-electron chi connectivity index (χ4n) is 1.33. The third kappa shape index (κ3) is 2.58. The summed E-state index contributed by atoms with van der Waals surface area (Å²) in [5, 5.41) is 0.647. The minimum absolute atomic E-state index is 0.111. The molecule has 0 radical (unpaired) electrons. The molecular formula is C11H12BrClO. The van der Waals surface area contributed by atoms with E-state index in [1.165, 1.54) is 0 Å². The first-order chi connectivity index (χ1) is 6.56. The van der Waals surface area contributed by atoms with Crippen LogP contribution >= 0.6 is 27.5 Å².